The van der Waals surface area contributed by atoms with Crippen molar-refractivity contribution in [2.45, 2.75) is 31.7 Å². The number of hydrogen-bond donors (Lipinski definition) is 2. The molecule has 0 unspecified atom stereocenters. The number of amides is 1. The van der Waals surface area contributed by atoms with Crippen molar-refractivity contribution in [3.05, 3.63) is 52.1 Å². The van der Waals surface area contributed by atoms with Crippen LogP contribution in [0.3, 0.4) is 0 Å². The maximum absolute atomic E-state index is 12.7. The maximum Gasteiger partial charge on any atom is 0.286 e. The largest absolute Gasteiger partial charge is 0.493 e. The summed E-state index contributed by atoms with van der Waals surface area (Å²) in [5.41, 5.74) is -0.401. The second kappa shape index (κ2) is 9.55. The number of nitro groups is 1. The lowest BCUT2D eigenvalue weighted by Crippen LogP contribution is -2.30. The van der Waals surface area contributed by atoms with E-state index < -0.39 is 26.5 Å². The second-order valence-electron chi connectivity index (χ2n) is 6.46. The minimum atomic E-state index is -3.68. The lowest BCUT2D eigenvalue weighted by molar-refractivity contribution is -0.385. The van der Waals surface area contributed by atoms with Crippen molar-refractivity contribution in [1.29, 1.82) is 0 Å². The van der Waals surface area contributed by atoms with E-state index in [0.29, 0.717) is 0 Å². The van der Waals surface area contributed by atoms with Crippen LogP contribution in [0, 0.1) is 10.1 Å². The standard InChI is InChI=1S/C19H23N3O7S/c1-5-29-18-10-15(16(22(24)25)11-17(18)28-4)19(23)20-13-6-8-14(9-7-13)30(26,27)21-12(2)3/h6-12,21H,5H2,1-4H3,(H,20,23). The molecule has 0 heterocycles. The van der Waals surface area contributed by atoms with E-state index in [9.17, 15) is 23.3 Å². The lowest BCUT2D eigenvalue weighted by Gasteiger charge is -2.13. The molecule has 1 amide bonds. The number of rotatable bonds is 9. The monoisotopic (exact) mass is 437 g/mol. The molecule has 0 aliphatic rings. The zero-order valence-corrected chi connectivity index (χ0v) is 17.8. The highest BCUT2D eigenvalue weighted by atomic mass is 32.2. The van der Waals surface area contributed by atoms with E-state index in [1.807, 2.05) is 0 Å². The molecule has 2 aromatic rings. The van der Waals surface area contributed by atoms with E-state index >= 15 is 0 Å². The first kappa shape index (κ1) is 23.1. The van der Waals surface area contributed by atoms with Gasteiger partial charge in [0.15, 0.2) is 11.5 Å². The van der Waals surface area contributed by atoms with Crippen LogP contribution in [0.25, 0.3) is 0 Å². The summed E-state index contributed by atoms with van der Waals surface area (Å²) in [6.45, 7) is 5.40. The molecule has 30 heavy (non-hydrogen) atoms. The van der Waals surface area contributed by atoms with E-state index in [1.54, 1.807) is 20.8 Å². The highest BCUT2D eigenvalue weighted by Gasteiger charge is 2.25. The number of benzene rings is 2. The SMILES string of the molecule is CCOc1cc(C(=O)Nc2ccc(S(=O)(=O)NC(C)C)cc2)c([N+](=O)[O-])cc1OC. The molecular formula is C19H23N3O7S. The van der Waals surface area contributed by atoms with Crippen LogP contribution in [-0.4, -0.2) is 39.0 Å². The molecule has 2 N–H and O–H groups in total. The van der Waals surface area contributed by atoms with Crippen LogP contribution in [0.2, 0.25) is 0 Å². The van der Waals surface area contributed by atoms with Crippen LogP contribution in [-0.2, 0) is 10.0 Å². The van der Waals surface area contributed by atoms with Gasteiger partial charge in [-0.1, -0.05) is 0 Å². The van der Waals surface area contributed by atoms with Crippen molar-refractivity contribution < 1.29 is 27.6 Å². The summed E-state index contributed by atoms with van der Waals surface area (Å²) in [7, 11) is -2.34. The number of nitro benzene ring substituents is 1. The van der Waals surface area contributed by atoms with Gasteiger partial charge in [0, 0.05) is 17.8 Å². The molecular weight excluding hydrogens is 414 g/mol. The Morgan fingerprint density at radius 3 is 2.30 bits per heavy atom. The van der Waals surface area contributed by atoms with Gasteiger partial charge in [0.25, 0.3) is 11.6 Å². The molecule has 0 saturated heterocycles. The minimum absolute atomic E-state index is 0.0308. The number of nitrogens with one attached hydrogen (secondary N) is 2. The third kappa shape index (κ3) is 5.45. The Hall–Kier alpha value is -3.18. The number of nitrogens with zero attached hydrogens (tertiary/aromatic N) is 1. The fourth-order valence-electron chi connectivity index (χ4n) is 2.60. The third-order valence-electron chi connectivity index (χ3n) is 3.84. The first-order chi connectivity index (χ1) is 14.1. The third-order valence-corrected chi connectivity index (χ3v) is 5.51. The van der Waals surface area contributed by atoms with Crippen molar-refractivity contribution in [2.75, 3.05) is 19.0 Å². The summed E-state index contributed by atoms with van der Waals surface area (Å²) in [6, 6.07) is 7.53. The molecule has 2 aromatic carbocycles. The summed E-state index contributed by atoms with van der Waals surface area (Å²) in [5.74, 6) is -0.425. The van der Waals surface area contributed by atoms with E-state index in [4.69, 9.17) is 9.47 Å². The Balaban J connectivity index is 2.33. The van der Waals surface area contributed by atoms with Crippen molar-refractivity contribution in [3.8, 4) is 11.5 Å². The molecule has 0 radical (unpaired) electrons. The van der Waals surface area contributed by atoms with Gasteiger partial charge in [-0.2, -0.15) is 0 Å². The van der Waals surface area contributed by atoms with Crippen molar-refractivity contribution in [3.63, 3.8) is 0 Å². The van der Waals surface area contributed by atoms with Crippen LogP contribution in [0.15, 0.2) is 41.3 Å². The molecule has 162 valence electrons. The van der Waals surface area contributed by atoms with E-state index in [1.165, 1.54) is 37.4 Å². The predicted molar refractivity (Wildman–Crippen MR) is 111 cm³/mol. The van der Waals surface area contributed by atoms with Gasteiger partial charge in [0.2, 0.25) is 10.0 Å². The van der Waals surface area contributed by atoms with Gasteiger partial charge >= 0.3 is 0 Å². The molecule has 0 atom stereocenters. The zero-order chi connectivity index (χ0) is 22.5. The summed E-state index contributed by atoms with van der Waals surface area (Å²) in [6.07, 6.45) is 0. The topological polar surface area (TPSA) is 137 Å². The Labute approximate surface area is 174 Å². The highest BCUT2D eigenvalue weighted by Crippen LogP contribution is 2.35. The van der Waals surface area contributed by atoms with E-state index in [2.05, 4.69) is 10.0 Å². The number of methoxy groups -OCH3 is 1. The van der Waals surface area contributed by atoms with Gasteiger partial charge < -0.3 is 14.8 Å². The van der Waals surface area contributed by atoms with Crippen LogP contribution >= 0.6 is 0 Å². The molecule has 0 spiro atoms. The molecule has 11 heteroatoms. The average Bonchev–Trinajstić information content (AvgIpc) is 2.67. The quantitative estimate of drug-likeness (QED) is 0.454. The molecule has 10 nitrogen and oxygen atoms in total. The molecule has 0 fully saturated rings. The Bertz CT molecular complexity index is 1030. The number of carbonyl (C=O) groups excluding carboxylic acids is 1. The second-order valence-corrected chi connectivity index (χ2v) is 8.18. The smallest absolute Gasteiger partial charge is 0.286 e. The summed E-state index contributed by atoms with van der Waals surface area (Å²) < 4.78 is 37.3. The minimum Gasteiger partial charge on any atom is -0.493 e. The van der Waals surface area contributed by atoms with E-state index in [-0.39, 0.29) is 40.3 Å². The Kier molecular flexibility index (Phi) is 7.35. The molecule has 0 saturated carbocycles. The van der Waals surface area contributed by atoms with Crippen molar-refractivity contribution in [2.24, 2.45) is 0 Å². The first-order valence-electron chi connectivity index (χ1n) is 9.02. The number of anilines is 1. The normalized spacial score (nSPS) is 11.2. The van der Waals surface area contributed by atoms with Crippen LogP contribution < -0.4 is 19.5 Å². The molecule has 0 aliphatic heterocycles. The van der Waals surface area contributed by atoms with Crippen LogP contribution in [0.5, 0.6) is 11.5 Å². The highest BCUT2D eigenvalue weighted by molar-refractivity contribution is 7.89. The fraction of sp³-hybridized carbons (Fsp3) is 0.316. The number of ether oxygens (including phenoxy) is 2. The first-order valence-corrected chi connectivity index (χ1v) is 10.5. The van der Waals surface area contributed by atoms with Gasteiger partial charge in [-0.3, -0.25) is 14.9 Å². The summed E-state index contributed by atoms with van der Waals surface area (Å²) >= 11 is 0. The molecule has 0 aromatic heterocycles. The Morgan fingerprint density at radius 1 is 1.17 bits per heavy atom. The fourth-order valence-corrected chi connectivity index (χ4v) is 3.86. The summed E-state index contributed by atoms with van der Waals surface area (Å²) in [4.78, 5) is 23.4. The number of sulfonamides is 1. The van der Waals surface area contributed by atoms with Gasteiger partial charge in [0.1, 0.15) is 5.56 Å². The van der Waals surface area contributed by atoms with Crippen molar-refractivity contribution >= 4 is 27.3 Å². The number of hydrogen-bond acceptors (Lipinski definition) is 7. The van der Waals surface area contributed by atoms with Gasteiger partial charge in [-0.05, 0) is 45.0 Å². The van der Waals surface area contributed by atoms with Crippen molar-refractivity contribution in [1.82, 2.24) is 4.72 Å². The van der Waals surface area contributed by atoms with Crippen LogP contribution in [0.4, 0.5) is 11.4 Å². The molecule has 0 bridgehead atoms. The average molecular weight is 437 g/mol. The molecule has 2 rings (SSSR count). The number of carbonyl (C=O) groups is 1. The maximum atomic E-state index is 12.7. The Morgan fingerprint density at radius 2 is 1.80 bits per heavy atom. The summed E-state index contributed by atoms with van der Waals surface area (Å²) in [5, 5.41) is 13.9. The van der Waals surface area contributed by atoms with Gasteiger partial charge in [0.05, 0.1) is 29.6 Å². The lowest BCUT2D eigenvalue weighted by atomic mass is 10.1. The van der Waals surface area contributed by atoms with Gasteiger partial charge in [-0.15, -0.1) is 0 Å². The predicted octanol–water partition coefficient (Wildman–Crippen LogP) is 2.94. The van der Waals surface area contributed by atoms with E-state index in [0.717, 1.165) is 6.07 Å². The zero-order valence-electron chi connectivity index (χ0n) is 17.0. The van der Waals surface area contributed by atoms with Gasteiger partial charge in [-0.25, -0.2) is 13.1 Å². The van der Waals surface area contributed by atoms with Crippen LogP contribution in [0.1, 0.15) is 31.1 Å². The molecule has 0 aliphatic carbocycles.